The molecule has 1 rings (SSSR count). The van der Waals surface area contributed by atoms with Gasteiger partial charge in [-0.15, -0.1) is 23.4 Å². The normalized spacial score (nSPS) is 22.9. The van der Waals surface area contributed by atoms with Gasteiger partial charge < -0.3 is 0 Å². The second-order valence-electron chi connectivity index (χ2n) is 2.72. The van der Waals surface area contributed by atoms with Crippen molar-refractivity contribution in [3.05, 3.63) is 11.0 Å². The lowest BCUT2D eigenvalue weighted by Crippen LogP contribution is -1.97. The highest BCUT2D eigenvalue weighted by atomic mass is 35.5. The smallest absolute Gasteiger partial charge is 0.0661 e. The Labute approximate surface area is 72.0 Å². The second-order valence-corrected chi connectivity index (χ2v) is 4.59. The van der Waals surface area contributed by atoms with Crippen molar-refractivity contribution in [3.63, 3.8) is 0 Å². The summed E-state index contributed by atoms with van der Waals surface area (Å²) in [6.07, 6.45) is 2.34. The first kappa shape index (κ1) is 8.48. The van der Waals surface area contributed by atoms with Crippen molar-refractivity contribution in [2.75, 3.05) is 5.75 Å². The van der Waals surface area contributed by atoms with Crippen molar-refractivity contribution in [2.45, 2.75) is 31.6 Å². The SMILES string of the molecule is CCS/C=C(\C)C1(Cl)CC1. The van der Waals surface area contributed by atoms with E-state index >= 15 is 0 Å². The van der Waals surface area contributed by atoms with E-state index in [-0.39, 0.29) is 4.87 Å². The van der Waals surface area contributed by atoms with Crippen LogP contribution in [0.3, 0.4) is 0 Å². The topological polar surface area (TPSA) is 0 Å². The van der Waals surface area contributed by atoms with Crippen molar-refractivity contribution in [2.24, 2.45) is 0 Å². The van der Waals surface area contributed by atoms with Gasteiger partial charge in [0.25, 0.3) is 0 Å². The molecule has 2 heteroatoms. The molecule has 1 aliphatic carbocycles. The number of halogens is 1. The Kier molecular flexibility index (Phi) is 2.70. The molecule has 0 aromatic carbocycles. The van der Waals surface area contributed by atoms with Crippen LogP contribution in [0, 0.1) is 0 Å². The number of allylic oxidation sites excluding steroid dienone is 1. The van der Waals surface area contributed by atoms with Crippen LogP contribution in [0.2, 0.25) is 0 Å². The van der Waals surface area contributed by atoms with Gasteiger partial charge in [-0.05, 0) is 36.5 Å². The fourth-order valence-electron chi connectivity index (χ4n) is 0.818. The quantitative estimate of drug-likeness (QED) is 0.594. The minimum absolute atomic E-state index is 0.0716. The number of thioether (sulfide) groups is 1. The van der Waals surface area contributed by atoms with Crippen LogP contribution in [-0.4, -0.2) is 10.6 Å². The maximum atomic E-state index is 6.15. The maximum absolute atomic E-state index is 6.15. The van der Waals surface area contributed by atoms with Gasteiger partial charge in [0.05, 0.1) is 4.87 Å². The summed E-state index contributed by atoms with van der Waals surface area (Å²) in [5, 5.41) is 2.19. The molecule has 1 aliphatic rings. The summed E-state index contributed by atoms with van der Waals surface area (Å²) in [6, 6.07) is 0. The van der Waals surface area contributed by atoms with E-state index in [0.29, 0.717) is 0 Å². The van der Waals surface area contributed by atoms with Gasteiger partial charge in [0.2, 0.25) is 0 Å². The predicted molar refractivity (Wildman–Crippen MR) is 49.7 cm³/mol. The Morgan fingerprint density at radius 3 is 2.70 bits per heavy atom. The first-order valence-electron chi connectivity index (χ1n) is 3.67. The third-order valence-electron chi connectivity index (χ3n) is 1.82. The minimum Gasteiger partial charge on any atom is -0.134 e. The molecule has 1 fully saturated rings. The molecule has 0 aromatic rings. The van der Waals surface area contributed by atoms with Crippen LogP contribution >= 0.6 is 23.4 Å². The molecule has 0 unspecified atom stereocenters. The molecule has 0 radical (unpaired) electrons. The molecule has 10 heavy (non-hydrogen) atoms. The zero-order valence-electron chi connectivity index (χ0n) is 6.48. The fourth-order valence-corrected chi connectivity index (χ4v) is 1.67. The Bertz CT molecular complexity index is 147. The fraction of sp³-hybridized carbons (Fsp3) is 0.750. The Morgan fingerprint density at radius 1 is 1.70 bits per heavy atom. The van der Waals surface area contributed by atoms with Gasteiger partial charge in [-0.2, -0.15) is 0 Å². The largest absolute Gasteiger partial charge is 0.134 e. The van der Waals surface area contributed by atoms with Gasteiger partial charge in [-0.25, -0.2) is 0 Å². The zero-order chi connectivity index (χ0) is 7.61. The summed E-state index contributed by atoms with van der Waals surface area (Å²) in [5.41, 5.74) is 1.35. The van der Waals surface area contributed by atoms with Gasteiger partial charge in [0, 0.05) is 0 Å². The van der Waals surface area contributed by atoms with E-state index in [1.165, 1.54) is 18.4 Å². The first-order chi connectivity index (χ1) is 4.69. The summed E-state index contributed by atoms with van der Waals surface area (Å²) in [6.45, 7) is 4.28. The highest BCUT2D eigenvalue weighted by Crippen LogP contribution is 2.48. The predicted octanol–water partition coefficient (Wildman–Crippen LogP) is 3.41. The molecule has 0 atom stereocenters. The highest BCUT2D eigenvalue weighted by molar-refractivity contribution is 8.02. The number of hydrogen-bond acceptors (Lipinski definition) is 1. The van der Waals surface area contributed by atoms with E-state index in [0.717, 1.165) is 5.75 Å². The summed E-state index contributed by atoms with van der Waals surface area (Å²) < 4.78 is 0. The second kappa shape index (κ2) is 3.19. The molecular formula is C8H13ClS. The minimum atomic E-state index is 0.0716. The van der Waals surface area contributed by atoms with Crippen LogP contribution in [0.5, 0.6) is 0 Å². The van der Waals surface area contributed by atoms with Crippen molar-refractivity contribution >= 4 is 23.4 Å². The summed E-state index contributed by atoms with van der Waals surface area (Å²) in [7, 11) is 0. The van der Waals surface area contributed by atoms with Crippen LogP contribution < -0.4 is 0 Å². The molecular weight excluding hydrogens is 164 g/mol. The average molecular weight is 177 g/mol. The van der Waals surface area contributed by atoms with Crippen LogP contribution in [0.1, 0.15) is 26.7 Å². The number of hydrogen-bond donors (Lipinski definition) is 0. The highest BCUT2D eigenvalue weighted by Gasteiger charge is 2.41. The molecule has 0 aromatic heterocycles. The van der Waals surface area contributed by atoms with Gasteiger partial charge in [-0.3, -0.25) is 0 Å². The van der Waals surface area contributed by atoms with Gasteiger partial charge in [-0.1, -0.05) is 6.92 Å². The van der Waals surface area contributed by atoms with E-state index in [1.54, 1.807) is 0 Å². The molecule has 0 spiro atoms. The molecule has 0 bridgehead atoms. The molecule has 0 nitrogen and oxygen atoms in total. The lowest BCUT2D eigenvalue weighted by Gasteiger charge is -2.04. The van der Waals surface area contributed by atoms with E-state index in [4.69, 9.17) is 11.6 Å². The monoisotopic (exact) mass is 176 g/mol. The third-order valence-corrected chi connectivity index (χ3v) is 3.35. The van der Waals surface area contributed by atoms with E-state index < -0.39 is 0 Å². The molecule has 0 N–H and O–H groups in total. The lowest BCUT2D eigenvalue weighted by atomic mass is 10.2. The zero-order valence-corrected chi connectivity index (χ0v) is 8.06. The van der Waals surface area contributed by atoms with Crippen molar-refractivity contribution < 1.29 is 0 Å². The Morgan fingerprint density at radius 2 is 2.30 bits per heavy atom. The first-order valence-corrected chi connectivity index (χ1v) is 5.09. The van der Waals surface area contributed by atoms with Gasteiger partial charge in [0.15, 0.2) is 0 Å². The molecule has 0 aliphatic heterocycles. The summed E-state index contributed by atoms with van der Waals surface area (Å²) in [5.74, 6) is 1.14. The van der Waals surface area contributed by atoms with E-state index in [1.807, 2.05) is 11.8 Å². The van der Waals surface area contributed by atoms with Gasteiger partial charge >= 0.3 is 0 Å². The lowest BCUT2D eigenvalue weighted by molar-refractivity contribution is 1.06. The van der Waals surface area contributed by atoms with Crippen LogP contribution in [0.15, 0.2) is 11.0 Å². The molecule has 1 saturated carbocycles. The Balaban J connectivity index is 2.39. The summed E-state index contributed by atoms with van der Waals surface area (Å²) >= 11 is 7.99. The van der Waals surface area contributed by atoms with Gasteiger partial charge in [0.1, 0.15) is 0 Å². The van der Waals surface area contributed by atoms with Crippen molar-refractivity contribution in [1.29, 1.82) is 0 Å². The Hall–Kier alpha value is 0.380. The number of rotatable bonds is 3. The van der Waals surface area contributed by atoms with Crippen LogP contribution in [0.25, 0.3) is 0 Å². The maximum Gasteiger partial charge on any atom is 0.0661 e. The molecule has 0 heterocycles. The van der Waals surface area contributed by atoms with E-state index in [9.17, 15) is 0 Å². The molecule has 0 amide bonds. The summed E-state index contributed by atoms with van der Waals surface area (Å²) in [4.78, 5) is 0.0716. The number of alkyl halides is 1. The van der Waals surface area contributed by atoms with E-state index in [2.05, 4.69) is 19.3 Å². The van der Waals surface area contributed by atoms with Crippen molar-refractivity contribution in [1.82, 2.24) is 0 Å². The van der Waals surface area contributed by atoms with Crippen LogP contribution in [-0.2, 0) is 0 Å². The average Bonchev–Trinajstić information content (AvgIpc) is 2.64. The van der Waals surface area contributed by atoms with Crippen molar-refractivity contribution in [3.8, 4) is 0 Å². The molecule has 0 saturated heterocycles. The van der Waals surface area contributed by atoms with Crippen LogP contribution in [0.4, 0.5) is 0 Å². The molecule has 58 valence electrons. The third kappa shape index (κ3) is 1.93. The standard InChI is InChI=1S/C8H13ClS/c1-3-10-6-7(2)8(9)4-5-8/h6H,3-5H2,1-2H3/b7-6+.